The van der Waals surface area contributed by atoms with Crippen molar-refractivity contribution in [3.63, 3.8) is 0 Å². The molecule has 1 aliphatic heterocycles. The van der Waals surface area contributed by atoms with E-state index in [9.17, 15) is 8.42 Å². The second-order valence-electron chi connectivity index (χ2n) is 5.39. The molecule has 0 amide bonds. The maximum absolute atomic E-state index is 11.9. The maximum atomic E-state index is 11.9. The van der Waals surface area contributed by atoms with Crippen molar-refractivity contribution in [3.8, 4) is 0 Å². The number of hydrogen-bond acceptors (Lipinski definition) is 3. The molecule has 0 aromatic rings. The molecule has 4 nitrogen and oxygen atoms in total. The second-order valence-corrected chi connectivity index (χ2v) is 7.24. The number of nitrogens with one attached hydrogen (secondary N) is 2. The van der Waals surface area contributed by atoms with E-state index in [0.717, 1.165) is 45.2 Å². The van der Waals surface area contributed by atoms with Crippen molar-refractivity contribution in [2.75, 3.05) is 25.4 Å². The number of sulfonamides is 1. The van der Waals surface area contributed by atoms with E-state index >= 15 is 0 Å². The minimum absolute atomic E-state index is 0.277. The summed E-state index contributed by atoms with van der Waals surface area (Å²) < 4.78 is 26.6. The van der Waals surface area contributed by atoms with Crippen LogP contribution in [0.5, 0.6) is 0 Å². The molecule has 0 aromatic heterocycles. The van der Waals surface area contributed by atoms with Crippen molar-refractivity contribution < 1.29 is 8.42 Å². The van der Waals surface area contributed by atoms with Crippen LogP contribution in [0.15, 0.2) is 11.6 Å². The Hall–Kier alpha value is -0.390. The molecule has 1 saturated heterocycles. The molecule has 0 spiro atoms. The highest BCUT2D eigenvalue weighted by molar-refractivity contribution is 7.89. The number of rotatable bonds is 6. The molecule has 1 atom stereocenters. The minimum atomic E-state index is -3.09. The van der Waals surface area contributed by atoms with E-state index in [1.165, 1.54) is 12.0 Å². The Morgan fingerprint density at radius 1 is 1.39 bits per heavy atom. The Kier molecular flexibility index (Phi) is 5.21. The topological polar surface area (TPSA) is 58.2 Å². The van der Waals surface area contributed by atoms with Crippen LogP contribution in [0.4, 0.5) is 0 Å². The second kappa shape index (κ2) is 6.68. The van der Waals surface area contributed by atoms with E-state index in [0.29, 0.717) is 6.54 Å². The molecule has 2 N–H and O–H groups in total. The van der Waals surface area contributed by atoms with Crippen molar-refractivity contribution in [3.05, 3.63) is 11.6 Å². The van der Waals surface area contributed by atoms with Crippen LogP contribution in [0.3, 0.4) is 0 Å². The molecule has 0 saturated carbocycles. The average Bonchev–Trinajstić information content (AvgIpc) is 2.82. The SMILES string of the molecule is O=S(=O)(CC1CCCNC1)NCCC1=CCCC1. The van der Waals surface area contributed by atoms with Gasteiger partial charge >= 0.3 is 0 Å². The lowest BCUT2D eigenvalue weighted by molar-refractivity contribution is 0.403. The predicted octanol–water partition coefficient (Wildman–Crippen LogP) is 1.41. The summed E-state index contributed by atoms with van der Waals surface area (Å²) in [6, 6.07) is 0. The molecule has 1 fully saturated rings. The molecule has 104 valence electrons. The zero-order valence-corrected chi connectivity index (χ0v) is 11.8. The highest BCUT2D eigenvalue weighted by atomic mass is 32.2. The van der Waals surface area contributed by atoms with Crippen molar-refractivity contribution in [2.24, 2.45) is 5.92 Å². The molecule has 1 aliphatic carbocycles. The van der Waals surface area contributed by atoms with Gasteiger partial charge in [0, 0.05) is 6.54 Å². The summed E-state index contributed by atoms with van der Waals surface area (Å²) in [6.45, 7) is 2.43. The third-order valence-corrected chi connectivity index (χ3v) is 5.31. The molecule has 1 heterocycles. The number of hydrogen-bond donors (Lipinski definition) is 2. The molecule has 2 aliphatic rings. The van der Waals surface area contributed by atoms with Gasteiger partial charge in [-0.25, -0.2) is 13.1 Å². The van der Waals surface area contributed by atoms with Crippen LogP contribution in [0, 0.1) is 5.92 Å². The van der Waals surface area contributed by atoms with Crippen LogP contribution >= 0.6 is 0 Å². The van der Waals surface area contributed by atoms with Gasteiger partial charge in [0.25, 0.3) is 0 Å². The van der Waals surface area contributed by atoms with Gasteiger partial charge in [-0.2, -0.15) is 0 Å². The average molecular weight is 272 g/mol. The predicted molar refractivity (Wildman–Crippen MR) is 73.9 cm³/mol. The normalized spacial score (nSPS) is 25.1. The summed E-state index contributed by atoms with van der Waals surface area (Å²) in [6.07, 6.45) is 8.79. The third kappa shape index (κ3) is 4.71. The highest BCUT2D eigenvalue weighted by Gasteiger charge is 2.20. The van der Waals surface area contributed by atoms with Gasteiger partial charge in [0.15, 0.2) is 0 Å². The molecular formula is C13H24N2O2S. The Labute approximate surface area is 110 Å². The van der Waals surface area contributed by atoms with Gasteiger partial charge in [-0.05, 0) is 57.5 Å². The molecule has 5 heteroatoms. The van der Waals surface area contributed by atoms with E-state index in [2.05, 4.69) is 16.1 Å². The molecule has 1 unspecified atom stereocenters. The Morgan fingerprint density at radius 3 is 2.94 bits per heavy atom. The van der Waals surface area contributed by atoms with Crippen molar-refractivity contribution in [1.29, 1.82) is 0 Å². The first-order valence-corrected chi connectivity index (χ1v) is 8.67. The Balaban J connectivity index is 1.69. The van der Waals surface area contributed by atoms with Gasteiger partial charge in [0.05, 0.1) is 5.75 Å². The molecule has 0 aromatic carbocycles. The lowest BCUT2D eigenvalue weighted by Crippen LogP contribution is -2.37. The van der Waals surface area contributed by atoms with Gasteiger partial charge in [0.1, 0.15) is 0 Å². The van der Waals surface area contributed by atoms with Gasteiger partial charge in [0.2, 0.25) is 10.0 Å². The van der Waals surface area contributed by atoms with E-state index in [4.69, 9.17) is 0 Å². The standard InChI is InChI=1S/C13H24N2O2S/c16-18(17,11-13-6-3-8-14-10-13)15-9-7-12-4-1-2-5-12/h4,13-15H,1-3,5-11H2. The lowest BCUT2D eigenvalue weighted by atomic mass is 10.0. The fourth-order valence-corrected chi connectivity index (χ4v) is 4.20. The van der Waals surface area contributed by atoms with Crippen LogP contribution in [-0.2, 0) is 10.0 Å². The lowest BCUT2D eigenvalue weighted by Gasteiger charge is -2.22. The fraction of sp³-hybridized carbons (Fsp3) is 0.846. The summed E-state index contributed by atoms with van der Waals surface area (Å²) >= 11 is 0. The number of piperidine rings is 1. The Morgan fingerprint density at radius 2 is 2.28 bits per heavy atom. The van der Waals surface area contributed by atoms with Crippen LogP contribution in [-0.4, -0.2) is 33.8 Å². The van der Waals surface area contributed by atoms with Gasteiger partial charge in [-0.3, -0.25) is 0 Å². The van der Waals surface area contributed by atoms with E-state index in [1.807, 2.05) is 0 Å². The van der Waals surface area contributed by atoms with Gasteiger partial charge in [-0.15, -0.1) is 0 Å². The van der Waals surface area contributed by atoms with E-state index < -0.39 is 10.0 Å². The van der Waals surface area contributed by atoms with Gasteiger partial charge < -0.3 is 5.32 Å². The smallest absolute Gasteiger partial charge is 0.211 e. The molecule has 0 radical (unpaired) electrons. The fourth-order valence-electron chi connectivity index (χ4n) is 2.77. The summed E-state index contributed by atoms with van der Waals surface area (Å²) in [5, 5.41) is 3.26. The van der Waals surface area contributed by atoms with Crippen LogP contribution < -0.4 is 10.0 Å². The first kappa shape index (κ1) is 14.0. The van der Waals surface area contributed by atoms with Crippen LogP contribution in [0.2, 0.25) is 0 Å². The first-order chi connectivity index (χ1) is 8.66. The van der Waals surface area contributed by atoms with Crippen LogP contribution in [0.25, 0.3) is 0 Å². The quantitative estimate of drug-likeness (QED) is 0.719. The van der Waals surface area contributed by atoms with E-state index in [-0.39, 0.29) is 11.7 Å². The monoisotopic (exact) mass is 272 g/mol. The Bertz CT molecular complexity index is 384. The molecule has 18 heavy (non-hydrogen) atoms. The summed E-state index contributed by atoms with van der Waals surface area (Å²) in [4.78, 5) is 0. The molecule has 2 rings (SSSR count). The molecule has 0 bridgehead atoms. The summed E-state index contributed by atoms with van der Waals surface area (Å²) in [5.74, 6) is 0.556. The molecular weight excluding hydrogens is 248 g/mol. The minimum Gasteiger partial charge on any atom is -0.316 e. The van der Waals surface area contributed by atoms with Crippen molar-refractivity contribution in [1.82, 2.24) is 10.0 Å². The summed E-state index contributed by atoms with van der Waals surface area (Å²) in [5.41, 5.74) is 1.41. The largest absolute Gasteiger partial charge is 0.316 e. The summed E-state index contributed by atoms with van der Waals surface area (Å²) in [7, 11) is -3.09. The highest BCUT2D eigenvalue weighted by Crippen LogP contribution is 2.20. The third-order valence-electron chi connectivity index (χ3n) is 3.76. The van der Waals surface area contributed by atoms with Crippen molar-refractivity contribution >= 4 is 10.0 Å². The number of allylic oxidation sites excluding steroid dienone is 1. The van der Waals surface area contributed by atoms with Gasteiger partial charge in [-0.1, -0.05) is 11.6 Å². The zero-order valence-electron chi connectivity index (χ0n) is 11.0. The van der Waals surface area contributed by atoms with E-state index in [1.54, 1.807) is 0 Å². The van der Waals surface area contributed by atoms with Crippen LogP contribution in [0.1, 0.15) is 38.5 Å². The maximum Gasteiger partial charge on any atom is 0.211 e. The zero-order chi connectivity index (χ0) is 12.8. The van der Waals surface area contributed by atoms with Crippen molar-refractivity contribution in [2.45, 2.75) is 38.5 Å². The first-order valence-electron chi connectivity index (χ1n) is 7.02.